The summed E-state index contributed by atoms with van der Waals surface area (Å²) in [5.74, 6) is -2.14. The van der Waals surface area contributed by atoms with Gasteiger partial charge in [-0.15, -0.1) is 11.3 Å². The van der Waals surface area contributed by atoms with E-state index in [1.54, 1.807) is 23.5 Å². The maximum Gasteiger partial charge on any atom is 0.0725 e. The van der Waals surface area contributed by atoms with Crippen LogP contribution in [0.1, 0.15) is 108 Å². The van der Waals surface area contributed by atoms with E-state index >= 15 is 0 Å². The summed E-state index contributed by atoms with van der Waals surface area (Å²) in [5.41, 5.74) is -13.8. The third-order valence-corrected chi connectivity index (χ3v) is 15.4. The molecular formula is C69H46S. The molecule has 3 aliphatic carbocycles. The monoisotopic (exact) mass is 935 g/mol. The third kappa shape index (κ3) is 5.36. The Hall–Kier alpha value is -8.10. The fraction of sp³-hybridized carbons (Fsp3) is 0.0725. The molecule has 0 amide bonds. The summed E-state index contributed by atoms with van der Waals surface area (Å²) >= 11 is 1.60. The number of fused-ring (bicyclic) bond motifs is 17. The first-order valence-electron chi connectivity index (χ1n) is 36.4. The summed E-state index contributed by atoms with van der Waals surface area (Å²) in [4.78, 5) is 0. The van der Waals surface area contributed by atoms with Gasteiger partial charge in [0.15, 0.2) is 0 Å². The predicted molar refractivity (Wildman–Crippen MR) is 295 cm³/mol. The van der Waals surface area contributed by atoms with Crippen molar-refractivity contribution in [2.24, 2.45) is 0 Å². The van der Waals surface area contributed by atoms with E-state index in [9.17, 15) is 31.5 Å². The third-order valence-electron chi connectivity index (χ3n) is 14.1. The summed E-state index contributed by atoms with van der Waals surface area (Å²) in [6, 6.07) is 10.5. The molecule has 0 aliphatic heterocycles. The smallest absolute Gasteiger partial charge is 0.0725 e. The largest absolute Gasteiger partial charge is 0.135 e. The molecule has 11 aromatic carbocycles. The standard InChI is InChI=1S/C69H46S/c1-68(2)58-25-10-5-18-49(58)53-38-35-45(40-62(53)68)65(46-36-39-54-52-21-8-13-28-61(52)69(63(54)41-46)59-26-11-6-19-50(59)51-20-7-12-27-60(51)69)44-32-30-43(31-33-44)48-37-34-42-16-3-4-17-47(42)66(48)57-24-15-23-56-55-22-9-14-29-64(55)70-67(56)57/h3-41,65H,1-2H3/i1D3,2D3,5D,6D,7D,8D,10D,11D,12D,13D,18D,19D,20D,21D,25D,26D,27D,28D,35D,36D,38D,39D,40D,41D. The minimum atomic E-state index is -3.89. The van der Waals surface area contributed by atoms with E-state index in [-0.39, 0.29) is 5.56 Å². The molecule has 1 spiro atoms. The van der Waals surface area contributed by atoms with Crippen molar-refractivity contribution >= 4 is 42.3 Å². The van der Waals surface area contributed by atoms with Gasteiger partial charge in [-0.2, -0.15) is 0 Å². The van der Waals surface area contributed by atoms with Gasteiger partial charge < -0.3 is 0 Å². The molecule has 0 saturated heterocycles. The van der Waals surface area contributed by atoms with Gasteiger partial charge in [0, 0.05) is 45.3 Å². The van der Waals surface area contributed by atoms with E-state index in [1.165, 1.54) is 12.1 Å². The van der Waals surface area contributed by atoms with Gasteiger partial charge in [-0.05, 0) is 117 Å². The second-order valence-electron chi connectivity index (χ2n) is 17.6. The van der Waals surface area contributed by atoms with Crippen molar-refractivity contribution < 1.29 is 38.4 Å². The molecule has 0 fully saturated rings. The molecule has 0 radical (unpaired) electrons. The van der Waals surface area contributed by atoms with Crippen molar-refractivity contribution in [3.63, 3.8) is 0 Å². The molecule has 1 heteroatoms. The van der Waals surface area contributed by atoms with Crippen molar-refractivity contribution in [2.75, 3.05) is 0 Å². The zero-order chi connectivity index (χ0) is 70.4. The normalized spacial score (nSPS) is 20.6. The number of hydrogen-bond acceptors (Lipinski definition) is 1. The first-order valence-corrected chi connectivity index (χ1v) is 23.2. The van der Waals surface area contributed by atoms with Crippen molar-refractivity contribution in [2.45, 2.75) is 30.5 Å². The number of thiophene rings is 1. The molecule has 0 saturated carbocycles. The highest BCUT2D eigenvalue weighted by atomic mass is 32.1. The van der Waals surface area contributed by atoms with E-state index < -0.39 is 241 Å². The van der Waals surface area contributed by atoms with Gasteiger partial charge in [0.1, 0.15) is 0 Å². The summed E-state index contributed by atoms with van der Waals surface area (Å²) < 4.78 is 268. The molecular weight excluding hydrogens is 861 g/mol. The van der Waals surface area contributed by atoms with Crippen LogP contribution in [0, 0.1) is 0 Å². The second-order valence-corrected chi connectivity index (χ2v) is 18.7. The minimum Gasteiger partial charge on any atom is -0.135 e. The van der Waals surface area contributed by atoms with Gasteiger partial charge in [0.05, 0.1) is 35.6 Å². The highest BCUT2D eigenvalue weighted by Gasteiger charge is 2.51. The number of hydrogen-bond donors (Lipinski definition) is 0. The van der Waals surface area contributed by atoms with Crippen LogP contribution in [-0.4, -0.2) is 0 Å². The van der Waals surface area contributed by atoms with Crippen LogP contribution in [-0.2, 0) is 10.8 Å². The highest BCUT2D eigenvalue weighted by molar-refractivity contribution is 7.26. The lowest BCUT2D eigenvalue weighted by Gasteiger charge is -2.31. The van der Waals surface area contributed by atoms with Gasteiger partial charge in [0.25, 0.3) is 0 Å². The number of rotatable bonds is 5. The zero-order valence-corrected chi connectivity index (χ0v) is 37.1. The lowest BCUT2D eigenvalue weighted by Crippen LogP contribution is -2.26. The van der Waals surface area contributed by atoms with Crippen LogP contribution in [0.5, 0.6) is 0 Å². The van der Waals surface area contributed by atoms with Gasteiger partial charge in [-0.1, -0.05) is 244 Å². The fourth-order valence-corrected chi connectivity index (χ4v) is 12.4. The molecule has 1 heterocycles. The Kier molecular flexibility index (Phi) is 4.47. The summed E-state index contributed by atoms with van der Waals surface area (Å²) in [7, 11) is 0. The molecule has 12 aromatic rings. The Morgan fingerprint density at radius 1 is 0.400 bits per heavy atom. The van der Waals surface area contributed by atoms with Gasteiger partial charge in [0.2, 0.25) is 0 Å². The molecule has 1 unspecified atom stereocenters. The Labute approximate surface area is 452 Å². The van der Waals surface area contributed by atoms with Crippen LogP contribution in [0.3, 0.4) is 0 Å². The first-order chi connectivity index (χ1) is 46.1. The van der Waals surface area contributed by atoms with E-state index in [0.29, 0.717) is 11.1 Å². The molecule has 1 atom stereocenters. The minimum absolute atomic E-state index is 0.108. The first kappa shape index (κ1) is 21.3. The molecule has 0 nitrogen and oxygen atoms in total. The molecule has 0 N–H and O–H groups in total. The Bertz CT molecular complexity index is 5590. The lowest BCUT2D eigenvalue weighted by atomic mass is 9.69. The fourth-order valence-electron chi connectivity index (χ4n) is 11.1. The molecule has 0 bridgehead atoms. The molecule has 70 heavy (non-hydrogen) atoms. The summed E-state index contributed by atoms with van der Waals surface area (Å²) in [5, 5.41) is 3.77. The van der Waals surface area contributed by atoms with Crippen LogP contribution in [0.4, 0.5) is 0 Å². The van der Waals surface area contributed by atoms with Crippen molar-refractivity contribution in [1.82, 2.24) is 0 Å². The molecule has 15 rings (SSSR count). The van der Waals surface area contributed by atoms with Gasteiger partial charge >= 0.3 is 0 Å². The maximum absolute atomic E-state index is 11.0. The van der Waals surface area contributed by atoms with E-state index in [4.69, 9.17) is 6.85 Å². The van der Waals surface area contributed by atoms with Crippen LogP contribution in [0.25, 0.3) is 86.6 Å². The van der Waals surface area contributed by atoms with Crippen molar-refractivity contribution in [1.29, 1.82) is 0 Å². The zero-order valence-electron chi connectivity index (χ0n) is 64.3. The second kappa shape index (κ2) is 14.7. The molecule has 3 aliphatic rings. The SMILES string of the molecule is [2H]c1c([2H])c([2H])c2c(c1[2H])-c1c([2H])c([2H])c([2H])c([2H])c1C21c2c([2H])c([2H])c([2H])c([2H])c2-c2c([2H])c([2H])c(C(c3ccc(-c4ccc5ccccc5c4-c4cccc5c4sc4ccccc45)cc3)c3c([2H])c([2H])c4c(c3[2H])C(C([2H])([2H])[2H])(C([2H])([2H])[2H])c3c([2H])c([2H])c([2H])c([2H])c3-4)c([2H])c21. The predicted octanol–water partition coefficient (Wildman–Crippen LogP) is 18.4. The van der Waals surface area contributed by atoms with Crippen LogP contribution in [0.2, 0.25) is 0 Å². The van der Waals surface area contributed by atoms with Crippen LogP contribution < -0.4 is 0 Å². The molecule has 328 valence electrons. The van der Waals surface area contributed by atoms with Gasteiger partial charge in [-0.25, -0.2) is 0 Å². The average molecular weight is 935 g/mol. The van der Waals surface area contributed by atoms with E-state index in [1.807, 2.05) is 78.9 Å². The Morgan fingerprint density at radius 2 is 0.943 bits per heavy atom. The van der Waals surface area contributed by atoms with E-state index in [0.717, 1.165) is 42.1 Å². The van der Waals surface area contributed by atoms with Gasteiger partial charge in [-0.3, -0.25) is 0 Å². The number of benzene rings is 11. The van der Waals surface area contributed by atoms with Crippen LogP contribution >= 0.6 is 11.3 Å². The maximum atomic E-state index is 11.0. The molecule has 1 aromatic heterocycles. The van der Waals surface area contributed by atoms with Crippen molar-refractivity contribution in [3.8, 4) is 55.6 Å². The Morgan fingerprint density at radius 3 is 1.61 bits per heavy atom. The van der Waals surface area contributed by atoms with E-state index in [2.05, 4.69) is 0 Å². The van der Waals surface area contributed by atoms with Crippen LogP contribution in [0.15, 0.2) is 236 Å². The topological polar surface area (TPSA) is 0 Å². The van der Waals surface area contributed by atoms with Crippen molar-refractivity contribution in [3.05, 3.63) is 286 Å². The lowest BCUT2D eigenvalue weighted by molar-refractivity contribution is 0.659. The average Bonchev–Trinajstić information content (AvgIpc) is 1.48. The highest BCUT2D eigenvalue weighted by Crippen LogP contribution is 2.63. The summed E-state index contributed by atoms with van der Waals surface area (Å²) in [6.45, 7) is -7.79. The summed E-state index contributed by atoms with van der Waals surface area (Å²) in [6.07, 6.45) is 0. The Balaban J connectivity index is 1.11. The quantitative estimate of drug-likeness (QED) is 0.151.